The second-order valence-corrected chi connectivity index (χ2v) is 6.06. The van der Waals surface area contributed by atoms with E-state index < -0.39 is 0 Å². The Hall–Kier alpha value is -2.85. The van der Waals surface area contributed by atoms with Crippen LogP contribution < -0.4 is 10.2 Å². The summed E-state index contributed by atoms with van der Waals surface area (Å²) in [4.78, 5) is 16.0. The van der Waals surface area contributed by atoms with Crippen molar-refractivity contribution in [1.29, 1.82) is 0 Å². The minimum Gasteiger partial charge on any atom is -0.466 e. The summed E-state index contributed by atoms with van der Waals surface area (Å²) in [6.07, 6.45) is 1.89. The van der Waals surface area contributed by atoms with E-state index in [0.29, 0.717) is 12.8 Å². The van der Waals surface area contributed by atoms with Crippen LogP contribution in [-0.2, 0) is 11.2 Å². The maximum absolute atomic E-state index is 13.5. The van der Waals surface area contributed by atoms with Gasteiger partial charge in [0.15, 0.2) is 11.6 Å². The molecule has 1 aromatic carbocycles. The molecule has 0 amide bonds. The Kier molecular flexibility index (Phi) is 6.09. The zero-order chi connectivity index (χ0) is 19.2. The summed E-state index contributed by atoms with van der Waals surface area (Å²) >= 11 is 0. The number of Topliss-reactive ketones (excluding diaryl/α,β-unsaturated/α-hetero) is 1. The highest BCUT2D eigenvalue weighted by molar-refractivity contribution is 5.98. The Balaban J connectivity index is 1.76. The largest absolute Gasteiger partial charge is 0.466 e. The molecule has 1 aliphatic carbocycles. The number of carbonyl (C=O) groups is 1. The summed E-state index contributed by atoms with van der Waals surface area (Å²) in [5, 5.41) is 25.4. The van der Waals surface area contributed by atoms with Crippen LogP contribution in [0.5, 0.6) is 5.88 Å². The van der Waals surface area contributed by atoms with Gasteiger partial charge in [0.2, 0.25) is 5.69 Å². The summed E-state index contributed by atoms with van der Waals surface area (Å²) < 4.78 is 23.4. The van der Waals surface area contributed by atoms with Gasteiger partial charge in [-0.05, 0) is 52.8 Å². The van der Waals surface area contributed by atoms with Gasteiger partial charge in [0, 0.05) is 13.0 Å². The van der Waals surface area contributed by atoms with Crippen molar-refractivity contribution in [3.8, 4) is 5.88 Å². The number of aromatic nitrogens is 2. The van der Waals surface area contributed by atoms with Crippen LogP contribution in [0, 0.1) is 5.82 Å². The number of carbonyl (C=O) groups excluding carboxylic acids is 1. The molecule has 1 heterocycles. The molecule has 0 saturated heterocycles. The number of hydrogen-bond acceptors (Lipinski definition) is 8. The Morgan fingerprint density at radius 2 is 2.30 bits per heavy atom. The van der Waals surface area contributed by atoms with E-state index in [2.05, 4.69) is 19.9 Å². The summed E-state index contributed by atoms with van der Waals surface area (Å²) in [6, 6.07) is 4.17. The molecule has 1 atom stereocenters. The van der Waals surface area contributed by atoms with E-state index in [1.165, 1.54) is 12.1 Å². The third kappa shape index (κ3) is 4.47. The molecule has 0 saturated carbocycles. The molecule has 9 nitrogen and oxygen atoms in total. The second-order valence-electron chi connectivity index (χ2n) is 6.06. The standard InChI is InChI=1S/C17H19FN4O5/c18-11-5-3-10-4-6-14(13(10)8-11)19-16(20-25)15-17(22-27-21-15)26-9-12(24)2-1-7-23/h3,5,8,14,23,25H,1-2,4,6-7,9H2,(H,19,20)/t14-/m0/s1. The monoisotopic (exact) mass is 378 g/mol. The van der Waals surface area contributed by atoms with Crippen LogP contribution in [-0.4, -0.2) is 45.5 Å². The van der Waals surface area contributed by atoms with E-state index >= 15 is 0 Å². The van der Waals surface area contributed by atoms with Crippen LogP contribution >= 0.6 is 0 Å². The fourth-order valence-corrected chi connectivity index (χ4v) is 2.90. The quantitative estimate of drug-likeness (QED) is 0.356. The minimum absolute atomic E-state index is 0.00249. The number of nitrogens with one attached hydrogen (secondary N) is 1. The number of halogens is 1. The van der Waals surface area contributed by atoms with E-state index in [1.54, 1.807) is 6.07 Å². The van der Waals surface area contributed by atoms with Crippen LogP contribution in [0.1, 0.15) is 42.1 Å². The fraction of sp³-hybridized carbons (Fsp3) is 0.412. The number of amidine groups is 1. The van der Waals surface area contributed by atoms with Crippen molar-refractivity contribution >= 4 is 11.6 Å². The molecule has 0 radical (unpaired) electrons. The van der Waals surface area contributed by atoms with Crippen LogP contribution in [0.25, 0.3) is 0 Å². The third-order valence-electron chi connectivity index (χ3n) is 4.21. The number of aliphatic imine (C=N–C) groups is 1. The normalized spacial score (nSPS) is 16.3. The first-order chi connectivity index (χ1) is 13.1. The zero-order valence-corrected chi connectivity index (χ0v) is 14.4. The van der Waals surface area contributed by atoms with Crippen molar-refractivity contribution in [2.24, 2.45) is 4.99 Å². The van der Waals surface area contributed by atoms with E-state index in [-0.39, 0.29) is 54.7 Å². The maximum atomic E-state index is 13.5. The van der Waals surface area contributed by atoms with Crippen molar-refractivity contribution in [2.75, 3.05) is 13.2 Å². The summed E-state index contributed by atoms with van der Waals surface area (Å²) in [5.74, 6) is -0.752. The highest BCUT2D eigenvalue weighted by Gasteiger charge is 2.26. The van der Waals surface area contributed by atoms with E-state index in [0.717, 1.165) is 17.5 Å². The first-order valence-corrected chi connectivity index (χ1v) is 8.47. The van der Waals surface area contributed by atoms with Gasteiger partial charge in [0.25, 0.3) is 5.88 Å². The van der Waals surface area contributed by atoms with Gasteiger partial charge >= 0.3 is 0 Å². The Labute approximate surface area is 153 Å². The van der Waals surface area contributed by atoms with E-state index in [4.69, 9.17) is 9.84 Å². The summed E-state index contributed by atoms with van der Waals surface area (Å²) in [5.41, 5.74) is 3.66. The lowest BCUT2D eigenvalue weighted by Gasteiger charge is -2.10. The lowest BCUT2D eigenvalue weighted by molar-refractivity contribution is -0.121. The topological polar surface area (TPSA) is 130 Å². The molecule has 1 aromatic heterocycles. The van der Waals surface area contributed by atoms with Crippen molar-refractivity contribution in [2.45, 2.75) is 31.7 Å². The van der Waals surface area contributed by atoms with E-state index in [9.17, 15) is 14.4 Å². The number of aliphatic hydroxyl groups excluding tert-OH is 1. The van der Waals surface area contributed by atoms with Crippen LogP contribution in [0.4, 0.5) is 4.39 Å². The Morgan fingerprint density at radius 3 is 3.07 bits per heavy atom. The first kappa shape index (κ1) is 18.9. The molecule has 1 aliphatic rings. The zero-order valence-electron chi connectivity index (χ0n) is 14.4. The number of aliphatic hydroxyl groups is 1. The molecule has 3 N–H and O–H groups in total. The van der Waals surface area contributed by atoms with Crippen molar-refractivity contribution in [1.82, 2.24) is 15.8 Å². The molecular formula is C17H19FN4O5. The number of fused-ring (bicyclic) bond motifs is 1. The predicted octanol–water partition coefficient (Wildman–Crippen LogP) is 1.34. The average molecular weight is 378 g/mol. The third-order valence-corrected chi connectivity index (χ3v) is 4.21. The van der Waals surface area contributed by atoms with Gasteiger partial charge < -0.3 is 9.84 Å². The first-order valence-electron chi connectivity index (χ1n) is 8.47. The number of ketones is 1. The molecule has 0 spiro atoms. The molecule has 0 aliphatic heterocycles. The van der Waals surface area contributed by atoms with Gasteiger partial charge in [-0.2, -0.15) is 0 Å². The Bertz CT molecular complexity index is 838. The smallest absolute Gasteiger partial charge is 0.287 e. The van der Waals surface area contributed by atoms with Gasteiger partial charge in [0.1, 0.15) is 12.4 Å². The maximum Gasteiger partial charge on any atom is 0.287 e. The van der Waals surface area contributed by atoms with Gasteiger partial charge in [-0.1, -0.05) is 6.07 Å². The number of hydroxylamine groups is 1. The van der Waals surface area contributed by atoms with Gasteiger partial charge in [-0.25, -0.2) is 9.02 Å². The number of rotatable bonds is 8. The van der Waals surface area contributed by atoms with Crippen LogP contribution in [0.3, 0.4) is 0 Å². The Morgan fingerprint density at radius 1 is 1.44 bits per heavy atom. The fourth-order valence-electron chi connectivity index (χ4n) is 2.90. The number of benzene rings is 1. The van der Waals surface area contributed by atoms with Gasteiger partial charge in [-0.3, -0.25) is 20.5 Å². The molecule has 10 heteroatoms. The molecule has 27 heavy (non-hydrogen) atoms. The van der Waals surface area contributed by atoms with Gasteiger partial charge in [-0.15, -0.1) is 0 Å². The van der Waals surface area contributed by atoms with E-state index in [1.807, 2.05) is 5.48 Å². The highest BCUT2D eigenvalue weighted by atomic mass is 19.1. The SMILES string of the molecule is O=C(CCCO)COc1nonc1C(=N[C@H]1CCc2ccc(F)cc21)NO. The van der Waals surface area contributed by atoms with Crippen molar-refractivity contribution < 1.29 is 28.9 Å². The van der Waals surface area contributed by atoms with Crippen molar-refractivity contribution in [3.63, 3.8) is 0 Å². The molecule has 2 aromatic rings. The minimum atomic E-state index is -0.374. The van der Waals surface area contributed by atoms with Gasteiger partial charge in [0.05, 0.1) is 6.04 Å². The lowest BCUT2D eigenvalue weighted by Crippen LogP contribution is -2.23. The molecule has 0 bridgehead atoms. The molecule has 144 valence electrons. The predicted molar refractivity (Wildman–Crippen MR) is 90.0 cm³/mol. The molecule has 3 rings (SSSR count). The van der Waals surface area contributed by atoms with Crippen LogP contribution in [0.15, 0.2) is 27.8 Å². The lowest BCUT2D eigenvalue weighted by atomic mass is 10.1. The van der Waals surface area contributed by atoms with Crippen LogP contribution in [0.2, 0.25) is 0 Å². The second kappa shape index (κ2) is 8.69. The average Bonchev–Trinajstić information content (AvgIpc) is 3.29. The number of ether oxygens (including phenoxy) is 1. The van der Waals surface area contributed by atoms with Crippen molar-refractivity contribution in [3.05, 3.63) is 40.8 Å². The highest BCUT2D eigenvalue weighted by Crippen LogP contribution is 2.35. The molecule has 0 unspecified atom stereocenters. The number of hydrogen-bond donors (Lipinski definition) is 3. The summed E-state index contributed by atoms with van der Waals surface area (Å²) in [6.45, 7) is -0.366. The summed E-state index contributed by atoms with van der Waals surface area (Å²) in [7, 11) is 0. The molecular weight excluding hydrogens is 359 g/mol. The molecule has 0 fully saturated rings. The number of aryl methyl sites for hydroxylation is 1. The number of nitrogens with zero attached hydrogens (tertiary/aromatic N) is 3.